The molecule has 3 nitrogen and oxygen atoms in total. The molecule has 0 atom stereocenters. The molecule has 2 N–H and O–H groups in total. The second-order valence-electron chi connectivity index (χ2n) is 0.253. The summed E-state index contributed by atoms with van der Waals surface area (Å²) in [6.45, 7) is 5.00. The van der Waals surface area contributed by atoms with Crippen LogP contribution in [0.4, 0.5) is 0 Å². The summed E-state index contributed by atoms with van der Waals surface area (Å²) in [5.41, 5.74) is 0. The van der Waals surface area contributed by atoms with Crippen molar-refractivity contribution in [1.29, 1.82) is 0 Å². The molecule has 0 radical (unpaired) electrons. The topological polar surface area (TPSA) is 57.5 Å². The van der Waals surface area contributed by atoms with Gasteiger partial charge in [-0.3, -0.25) is 0 Å². The van der Waals surface area contributed by atoms with Gasteiger partial charge in [0.1, 0.15) is 0 Å². The van der Waals surface area contributed by atoms with Gasteiger partial charge >= 0.3 is 31.3 Å². The predicted molar refractivity (Wildman–Crippen MR) is 35.2 cm³/mol. The van der Waals surface area contributed by atoms with E-state index in [0.717, 1.165) is 0 Å². The van der Waals surface area contributed by atoms with Gasteiger partial charge in [-0.1, -0.05) is 0 Å². The Morgan fingerprint density at radius 2 is 1.38 bits per heavy atom. The molecule has 0 aliphatic rings. The Kier molecular flexibility index (Phi) is 72.7. The second-order valence-corrected chi connectivity index (χ2v) is 0.758. The molecule has 0 spiro atoms. The minimum absolute atomic E-state index is 0. The Morgan fingerprint density at radius 3 is 1.38 bits per heavy atom. The van der Waals surface area contributed by atoms with Crippen LogP contribution in [0.25, 0.3) is 0 Å². The standard InChI is InChI=1S/C2H5.CH3.Mg.HO3P/c1-2;;;1-4(2)3/h1H2,2H3;1H3;;(H-,1,2,3)/q2*-1;+2;/p+1. The summed E-state index contributed by atoms with van der Waals surface area (Å²) in [4.78, 5) is 14.2. The first-order chi connectivity index (χ1) is 2.73. The van der Waals surface area contributed by atoms with E-state index in [-0.39, 0.29) is 30.5 Å². The Hall–Kier alpha value is 0.786. The summed E-state index contributed by atoms with van der Waals surface area (Å²) in [6, 6.07) is 0. The quantitative estimate of drug-likeness (QED) is 0.300. The smallest absolute Gasteiger partial charge is 0.358 e. The predicted octanol–water partition coefficient (Wildman–Crippen LogP) is 0.538. The Bertz CT molecular complexity index is 37.5. The number of hydrogen-bond acceptors (Lipinski definition) is 1. The van der Waals surface area contributed by atoms with Gasteiger partial charge in [-0.25, -0.2) is 0 Å². The molecule has 46 valence electrons. The third-order valence-corrected chi connectivity index (χ3v) is 0. The number of hydrogen-bond donors (Lipinski definition) is 2. The van der Waals surface area contributed by atoms with E-state index < -0.39 is 8.25 Å². The first kappa shape index (κ1) is 23.3. The van der Waals surface area contributed by atoms with E-state index in [0.29, 0.717) is 0 Å². The van der Waals surface area contributed by atoms with Crippen LogP contribution < -0.4 is 0 Å². The molecule has 0 aromatic heterocycles. The maximum absolute atomic E-state index is 8.70. The van der Waals surface area contributed by atoms with Crippen LogP contribution in [0.2, 0.25) is 0 Å². The van der Waals surface area contributed by atoms with Gasteiger partial charge in [0.25, 0.3) is 0 Å². The van der Waals surface area contributed by atoms with Crippen molar-refractivity contribution in [3.05, 3.63) is 14.4 Å². The first-order valence-corrected chi connectivity index (χ1v) is 2.45. The van der Waals surface area contributed by atoms with E-state index in [9.17, 15) is 0 Å². The SMILES string of the molecule is O=[P+](O)O.[CH2-]C.[CH3-].[Mg+2]. The van der Waals surface area contributed by atoms with Crippen LogP contribution in [0, 0.1) is 14.4 Å². The molecule has 0 aromatic rings. The Labute approximate surface area is 67.2 Å². The van der Waals surface area contributed by atoms with Gasteiger partial charge in [-0.05, 0) is 0 Å². The Morgan fingerprint density at radius 1 is 1.38 bits per heavy atom. The van der Waals surface area contributed by atoms with Crippen LogP contribution in [0.5, 0.6) is 0 Å². The molecule has 0 saturated heterocycles. The fourth-order valence-electron chi connectivity index (χ4n) is 0. The Balaban J connectivity index is -0.0000000183. The molecule has 0 rings (SSSR count). The average molecular weight is 149 g/mol. The van der Waals surface area contributed by atoms with Crippen molar-refractivity contribution in [2.24, 2.45) is 0 Å². The normalized spacial score (nSPS) is 4.00. The number of rotatable bonds is 0. The fraction of sp³-hybridized carbons (Fsp3) is 0.333. The van der Waals surface area contributed by atoms with Crippen molar-refractivity contribution >= 4 is 31.3 Å². The molecule has 0 aromatic carbocycles. The molecular formula is C3H10MgO3P+. The molecule has 8 heavy (non-hydrogen) atoms. The summed E-state index contributed by atoms with van der Waals surface area (Å²) in [6.07, 6.45) is 0. The van der Waals surface area contributed by atoms with Gasteiger partial charge in [-0.2, -0.15) is 6.92 Å². The minimum atomic E-state index is -2.87. The van der Waals surface area contributed by atoms with E-state index in [4.69, 9.17) is 14.4 Å². The third kappa shape index (κ3) is 368. The van der Waals surface area contributed by atoms with Crippen molar-refractivity contribution in [3.63, 3.8) is 0 Å². The average Bonchev–Trinajstić information content (AvgIpc) is 1.41. The summed E-state index contributed by atoms with van der Waals surface area (Å²) in [5.74, 6) is 0. The monoisotopic (exact) mass is 149 g/mol. The van der Waals surface area contributed by atoms with Gasteiger partial charge in [0, 0.05) is 4.57 Å². The molecule has 0 saturated carbocycles. The van der Waals surface area contributed by atoms with Crippen molar-refractivity contribution < 1.29 is 14.4 Å². The van der Waals surface area contributed by atoms with E-state index in [2.05, 4.69) is 6.92 Å². The van der Waals surface area contributed by atoms with Crippen molar-refractivity contribution in [1.82, 2.24) is 0 Å². The minimum Gasteiger partial charge on any atom is -0.358 e. The molecule has 0 aliphatic carbocycles. The first-order valence-electron chi connectivity index (χ1n) is 1.29. The summed E-state index contributed by atoms with van der Waals surface area (Å²) >= 11 is 0. The maximum atomic E-state index is 8.70. The maximum Gasteiger partial charge on any atom is 2.00 e. The van der Waals surface area contributed by atoms with Gasteiger partial charge in [0.15, 0.2) is 0 Å². The molecular weight excluding hydrogens is 139 g/mol. The van der Waals surface area contributed by atoms with Gasteiger partial charge < -0.3 is 14.4 Å². The van der Waals surface area contributed by atoms with Crippen LogP contribution >= 0.6 is 8.25 Å². The van der Waals surface area contributed by atoms with E-state index in [1.54, 1.807) is 6.92 Å². The van der Waals surface area contributed by atoms with E-state index >= 15 is 0 Å². The molecule has 0 bridgehead atoms. The van der Waals surface area contributed by atoms with E-state index in [1.165, 1.54) is 0 Å². The van der Waals surface area contributed by atoms with Crippen LogP contribution in [-0.2, 0) is 4.57 Å². The molecule has 0 aliphatic heterocycles. The van der Waals surface area contributed by atoms with Gasteiger partial charge in [-0.15, -0.1) is 9.79 Å². The molecule has 5 heteroatoms. The largest absolute Gasteiger partial charge is 2.00 e. The molecule has 0 amide bonds. The molecule has 0 heterocycles. The zero-order valence-electron chi connectivity index (χ0n) is 5.16. The second kappa shape index (κ2) is 25.0. The summed E-state index contributed by atoms with van der Waals surface area (Å²) in [7, 11) is -2.87. The van der Waals surface area contributed by atoms with Crippen LogP contribution in [0.3, 0.4) is 0 Å². The van der Waals surface area contributed by atoms with Gasteiger partial charge in [0.2, 0.25) is 0 Å². The third-order valence-electron chi connectivity index (χ3n) is 0. The van der Waals surface area contributed by atoms with Crippen LogP contribution in [0.15, 0.2) is 0 Å². The van der Waals surface area contributed by atoms with Crippen LogP contribution in [0.1, 0.15) is 6.92 Å². The molecule has 0 unspecified atom stereocenters. The van der Waals surface area contributed by atoms with Gasteiger partial charge in [0.05, 0.1) is 0 Å². The molecule has 0 fully saturated rings. The van der Waals surface area contributed by atoms with Crippen LogP contribution in [-0.4, -0.2) is 32.8 Å². The zero-order valence-corrected chi connectivity index (χ0v) is 7.47. The fourth-order valence-corrected chi connectivity index (χ4v) is 0. The van der Waals surface area contributed by atoms with Crippen molar-refractivity contribution in [2.75, 3.05) is 0 Å². The van der Waals surface area contributed by atoms with E-state index in [1.807, 2.05) is 0 Å². The summed E-state index contributed by atoms with van der Waals surface area (Å²) in [5, 5.41) is 0. The van der Waals surface area contributed by atoms with Crippen molar-refractivity contribution in [2.45, 2.75) is 6.92 Å². The summed E-state index contributed by atoms with van der Waals surface area (Å²) < 4.78 is 8.70. The zero-order chi connectivity index (χ0) is 5.58. The van der Waals surface area contributed by atoms with Crippen molar-refractivity contribution in [3.8, 4) is 0 Å².